The molecule has 2 heterocycles. The average molecular weight is 226 g/mol. The second-order valence-electron chi connectivity index (χ2n) is 3.39. The Morgan fingerprint density at radius 2 is 2.53 bits per heavy atom. The lowest BCUT2D eigenvalue weighted by molar-refractivity contribution is -0.128. The van der Waals surface area contributed by atoms with Gasteiger partial charge in [0.25, 0.3) is 0 Å². The highest BCUT2D eigenvalue weighted by Gasteiger charge is 2.17. The number of fused-ring (bicyclic) bond motifs is 1. The number of halogens is 1. The molecule has 0 spiro atoms. The van der Waals surface area contributed by atoms with Gasteiger partial charge < -0.3 is 10.2 Å². The van der Waals surface area contributed by atoms with Gasteiger partial charge in [-0.05, 0) is 6.07 Å². The molecule has 0 aliphatic carbocycles. The van der Waals surface area contributed by atoms with E-state index in [1.54, 1.807) is 11.1 Å². The van der Waals surface area contributed by atoms with Gasteiger partial charge in [0, 0.05) is 31.4 Å². The predicted molar refractivity (Wildman–Crippen MR) is 58.9 cm³/mol. The lowest BCUT2D eigenvalue weighted by Gasteiger charge is -2.18. The Balaban J connectivity index is 2.21. The van der Waals surface area contributed by atoms with Crippen LogP contribution in [-0.2, 0) is 11.3 Å². The van der Waals surface area contributed by atoms with Gasteiger partial charge in [-0.25, -0.2) is 4.98 Å². The summed E-state index contributed by atoms with van der Waals surface area (Å²) in [7, 11) is 0. The lowest BCUT2D eigenvalue weighted by atomic mass is 10.2. The molecule has 1 aromatic rings. The number of carbonyl (C=O) groups excluding carboxylic acids is 1. The van der Waals surface area contributed by atoms with Crippen molar-refractivity contribution in [1.82, 2.24) is 9.88 Å². The molecule has 80 valence electrons. The highest BCUT2D eigenvalue weighted by molar-refractivity contribution is 6.27. The van der Waals surface area contributed by atoms with E-state index in [0.717, 1.165) is 11.4 Å². The van der Waals surface area contributed by atoms with Crippen molar-refractivity contribution in [3.05, 3.63) is 23.9 Å². The van der Waals surface area contributed by atoms with E-state index >= 15 is 0 Å². The van der Waals surface area contributed by atoms with E-state index in [-0.39, 0.29) is 11.8 Å². The number of anilines is 1. The van der Waals surface area contributed by atoms with Crippen molar-refractivity contribution < 1.29 is 4.79 Å². The van der Waals surface area contributed by atoms with E-state index in [4.69, 9.17) is 11.6 Å². The second-order valence-corrected chi connectivity index (χ2v) is 3.65. The number of nitrogens with one attached hydrogen (secondary N) is 1. The fraction of sp³-hybridized carbons (Fsp3) is 0.400. The summed E-state index contributed by atoms with van der Waals surface area (Å²) in [4.78, 5) is 17.4. The summed E-state index contributed by atoms with van der Waals surface area (Å²) in [5.74, 6) is 0.868. The van der Waals surface area contributed by atoms with E-state index in [9.17, 15) is 4.79 Å². The highest BCUT2D eigenvalue weighted by Crippen LogP contribution is 2.16. The summed E-state index contributed by atoms with van der Waals surface area (Å²) in [6.45, 7) is 1.97. The SMILES string of the molecule is O=C(CCl)N1CCNc2ncccc2C1. The van der Waals surface area contributed by atoms with Crippen LogP contribution in [0, 0.1) is 0 Å². The molecule has 0 aromatic carbocycles. The highest BCUT2D eigenvalue weighted by atomic mass is 35.5. The molecule has 4 nitrogen and oxygen atoms in total. The Hall–Kier alpha value is -1.29. The summed E-state index contributed by atoms with van der Waals surface area (Å²) in [5, 5.41) is 3.19. The molecule has 1 N–H and O–H groups in total. The molecule has 1 aliphatic rings. The molecule has 1 aliphatic heterocycles. The molecule has 0 radical (unpaired) electrons. The van der Waals surface area contributed by atoms with Gasteiger partial charge in [-0.15, -0.1) is 11.6 Å². The van der Waals surface area contributed by atoms with Crippen LogP contribution < -0.4 is 5.32 Å². The standard InChI is InChI=1S/C10H12ClN3O/c11-6-9(15)14-5-4-13-10-8(7-14)2-1-3-12-10/h1-3H,4-7H2,(H,12,13). The van der Waals surface area contributed by atoms with Crippen molar-refractivity contribution in [3.8, 4) is 0 Å². The maximum Gasteiger partial charge on any atom is 0.237 e. The van der Waals surface area contributed by atoms with Gasteiger partial charge in [0.05, 0.1) is 0 Å². The van der Waals surface area contributed by atoms with Gasteiger partial charge in [0.1, 0.15) is 11.7 Å². The van der Waals surface area contributed by atoms with E-state index in [1.807, 2.05) is 12.1 Å². The number of rotatable bonds is 1. The first-order valence-electron chi connectivity index (χ1n) is 4.83. The molecule has 15 heavy (non-hydrogen) atoms. The minimum Gasteiger partial charge on any atom is -0.368 e. The molecule has 0 fully saturated rings. The van der Waals surface area contributed by atoms with Crippen LogP contribution in [0.15, 0.2) is 18.3 Å². The summed E-state index contributed by atoms with van der Waals surface area (Å²) in [6.07, 6.45) is 1.74. The first-order valence-corrected chi connectivity index (χ1v) is 5.36. The summed E-state index contributed by atoms with van der Waals surface area (Å²) >= 11 is 5.54. The fourth-order valence-corrected chi connectivity index (χ4v) is 1.79. The normalized spacial score (nSPS) is 15.1. The van der Waals surface area contributed by atoms with Crippen molar-refractivity contribution in [2.45, 2.75) is 6.54 Å². The van der Waals surface area contributed by atoms with Crippen LogP contribution in [0.5, 0.6) is 0 Å². The molecule has 0 bridgehead atoms. The zero-order valence-electron chi connectivity index (χ0n) is 8.24. The minimum absolute atomic E-state index is 0.0323. The van der Waals surface area contributed by atoms with Crippen molar-refractivity contribution in [2.24, 2.45) is 0 Å². The topological polar surface area (TPSA) is 45.2 Å². The smallest absolute Gasteiger partial charge is 0.237 e. The molecule has 0 saturated carbocycles. The van der Waals surface area contributed by atoms with Crippen molar-refractivity contribution in [2.75, 3.05) is 24.3 Å². The number of hydrogen-bond acceptors (Lipinski definition) is 3. The second kappa shape index (κ2) is 4.49. The monoisotopic (exact) mass is 225 g/mol. The van der Waals surface area contributed by atoms with Gasteiger partial charge in [-0.1, -0.05) is 6.07 Å². The Morgan fingerprint density at radius 3 is 3.33 bits per heavy atom. The number of nitrogens with zero attached hydrogens (tertiary/aromatic N) is 2. The van der Waals surface area contributed by atoms with E-state index in [1.165, 1.54) is 0 Å². The first kappa shape index (κ1) is 10.2. The molecular weight excluding hydrogens is 214 g/mol. The summed E-state index contributed by atoms with van der Waals surface area (Å²) in [6, 6.07) is 3.84. The largest absolute Gasteiger partial charge is 0.368 e. The van der Waals surface area contributed by atoms with E-state index < -0.39 is 0 Å². The Bertz CT molecular complexity index is 369. The van der Waals surface area contributed by atoms with Gasteiger partial charge in [-0.3, -0.25) is 4.79 Å². The number of carbonyl (C=O) groups is 1. The van der Waals surface area contributed by atoms with Crippen molar-refractivity contribution >= 4 is 23.3 Å². The fourth-order valence-electron chi connectivity index (χ4n) is 1.62. The predicted octanol–water partition coefficient (Wildman–Crippen LogP) is 1.07. The maximum absolute atomic E-state index is 11.5. The Morgan fingerprint density at radius 1 is 1.67 bits per heavy atom. The van der Waals surface area contributed by atoms with Crippen molar-refractivity contribution in [1.29, 1.82) is 0 Å². The van der Waals surface area contributed by atoms with Gasteiger partial charge in [0.2, 0.25) is 5.91 Å². The van der Waals surface area contributed by atoms with Gasteiger partial charge in [0.15, 0.2) is 0 Å². The van der Waals surface area contributed by atoms with E-state index in [2.05, 4.69) is 10.3 Å². The number of amides is 1. The van der Waals surface area contributed by atoms with Gasteiger partial charge in [-0.2, -0.15) is 0 Å². The van der Waals surface area contributed by atoms with Crippen LogP contribution in [0.1, 0.15) is 5.56 Å². The number of alkyl halides is 1. The summed E-state index contributed by atoms with van der Waals surface area (Å²) < 4.78 is 0. The third kappa shape index (κ3) is 2.21. The molecule has 1 amide bonds. The minimum atomic E-state index is -0.0323. The Labute approximate surface area is 93.2 Å². The third-order valence-corrected chi connectivity index (χ3v) is 2.62. The molecule has 0 saturated heterocycles. The zero-order chi connectivity index (χ0) is 10.7. The molecule has 0 atom stereocenters. The summed E-state index contributed by atoms with van der Waals surface area (Å²) in [5.41, 5.74) is 1.04. The third-order valence-electron chi connectivity index (χ3n) is 2.39. The van der Waals surface area contributed by atoms with Gasteiger partial charge >= 0.3 is 0 Å². The Kier molecular flexibility index (Phi) is 3.06. The first-order chi connectivity index (χ1) is 7.31. The zero-order valence-corrected chi connectivity index (χ0v) is 9.00. The number of aromatic nitrogens is 1. The van der Waals surface area contributed by atoms with Crippen LogP contribution in [0.2, 0.25) is 0 Å². The van der Waals surface area contributed by atoms with Crippen LogP contribution in [0.25, 0.3) is 0 Å². The van der Waals surface area contributed by atoms with Crippen LogP contribution in [0.3, 0.4) is 0 Å². The maximum atomic E-state index is 11.5. The molecule has 1 aromatic heterocycles. The molecule has 2 rings (SSSR count). The number of pyridine rings is 1. The molecule has 0 unspecified atom stereocenters. The van der Waals surface area contributed by atoms with Crippen LogP contribution in [0.4, 0.5) is 5.82 Å². The average Bonchev–Trinajstić information content (AvgIpc) is 2.49. The molecule has 5 heteroatoms. The molecular formula is C10H12ClN3O. The van der Waals surface area contributed by atoms with E-state index in [0.29, 0.717) is 19.6 Å². The lowest BCUT2D eigenvalue weighted by Crippen LogP contribution is -2.33. The van der Waals surface area contributed by atoms with Crippen LogP contribution >= 0.6 is 11.6 Å². The quantitative estimate of drug-likeness (QED) is 0.728. The van der Waals surface area contributed by atoms with Crippen LogP contribution in [-0.4, -0.2) is 34.8 Å². The number of hydrogen-bond donors (Lipinski definition) is 1. The van der Waals surface area contributed by atoms with Crippen molar-refractivity contribution in [3.63, 3.8) is 0 Å².